The third-order valence-corrected chi connectivity index (χ3v) is 3.35. The van der Waals surface area contributed by atoms with Crippen molar-refractivity contribution in [2.24, 2.45) is 0 Å². The first kappa shape index (κ1) is 9.91. The highest BCUT2D eigenvalue weighted by atomic mass is 16.5. The average Bonchev–Trinajstić information content (AvgIpc) is 2.89. The maximum absolute atomic E-state index is 5.68. The van der Waals surface area contributed by atoms with Crippen LogP contribution in [0.5, 0.6) is 0 Å². The molecular weight excluding hydrogens is 198 g/mol. The number of aryl methyl sites for hydroxylation is 1. The molecule has 0 aliphatic carbocycles. The Bertz CT molecular complexity index is 494. The summed E-state index contributed by atoms with van der Waals surface area (Å²) in [5.41, 5.74) is 2.64. The van der Waals surface area contributed by atoms with E-state index in [9.17, 15) is 0 Å². The van der Waals surface area contributed by atoms with Crippen molar-refractivity contribution in [1.29, 1.82) is 0 Å². The third-order valence-electron chi connectivity index (χ3n) is 3.35. The molecule has 84 valence electrons. The smallest absolute Gasteiger partial charge is 0.0754 e. The van der Waals surface area contributed by atoms with Gasteiger partial charge in [-0.2, -0.15) is 0 Å². The monoisotopic (exact) mass is 215 g/mol. The van der Waals surface area contributed by atoms with Crippen molar-refractivity contribution >= 4 is 10.9 Å². The SMILES string of the molecule is Cc1ccc2c(ccn2CC2CCCO2)c1. The molecule has 1 unspecified atom stereocenters. The van der Waals surface area contributed by atoms with Gasteiger partial charge >= 0.3 is 0 Å². The minimum atomic E-state index is 0.414. The van der Waals surface area contributed by atoms with Crippen LogP contribution in [0.2, 0.25) is 0 Å². The van der Waals surface area contributed by atoms with Crippen molar-refractivity contribution in [3.63, 3.8) is 0 Å². The predicted octanol–water partition coefficient (Wildman–Crippen LogP) is 3.13. The predicted molar refractivity (Wildman–Crippen MR) is 65.6 cm³/mol. The van der Waals surface area contributed by atoms with Gasteiger partial charge in [0.05, 0.1) is 6.10 Å². The Morgan fingerprint density at radius 2 is 2.31 bits per heavy atom. The standard InChI is InChI=1S/C14H17NO/c1-11-4-5-14-12(9-11)6-7-15(14)10-13-3-2-8-16-13/h4-7,9,13H,2-3,8,10H2,1H3. The van der Waals surface area contributed by atoms with E-state index in [0.717, 1.165) is 13.2 Å². The van der Waals surface area contributed by atoms with Crippen LogP contribution in [0.4, 0.5) is 0 Å². The zero-order chi connectivity index (χ0) is 11.0. The van der Waals surface area contributed by atoms with E-state index in [1.807, 2.05) is 0 Å². The molecule has 0 amide bonds. The molecule has 0 spiro atoms. The molecule has 1 saturated heterocycles. The molecule has 1 aromatic carbocycles. The van der Waals surface area contributed by atoms with E-state index >= 15 is 0 Å². The van der Waals surface area contributed by atoms with Crippen molar-refractivity contribution in [3.8, 4) is 0 Å². The number of aromatic nitrogens is 1. The minimum absolute atomic E-state index is 0.414. The van der Waals surface area contributed by atoms with E-state index in [1.165, 1.54) is 29.3 Å². The molecule has 2 aromatic rings. The second kappa shape index (κ2) is 3.95. The Balaban J connectivity index is 1.91. The molecule has 2 nitrogen and oxygen atoms in total. The highest BCUT2D eigenvalue weighted by Crippen LogP contribution is 2.20. The fourth-order valence-electron chi connectivity index (χ4n) is 2.49. The molecule has 1 atom stereocenters. The summed E-state index contributed by atoms with van der Waals surface area (Å²) in [6, 6.07) is 8.81. The van der Waals surface area contributed by atoms with E-state index in [0.29, 0.717) is 6.10 Å². The number of hydrogen-bond donors (Lipinski definition) is 0. The lowest BCUT2D eigenvalue weighted by atomic mass is 10.2. The van der Waals surface area contributed by atoms with Crippen LogP contribution < -0.4 is 0 Å². The molecule has 2 heterocycles. The Kier molecular flexibility index (Phi) is 2.44. The molecule has 16 heavy (non-hydrogen) atoms. The van der Waals surface area contributed by atoms with E-state index in [1.54, 1.807) is 0 Å². The van der Waals surface area contributed by atoms with Gasteiger partial charge in [-0.3, -0.25) is 0 Å². The molecule has 1 aliphatic rings. The fourth-order valence-corrected chi connectivity index (χ4v) is 2.49. The summed E-state index contributed by atoms with van der Waals surface area (Å²) < 4.78 is 7.99. The van der Waals surface area contributed by atoms with E-state index in [4.69, 9.17) is 4.74 Å². The van der Waals surface area contributed by atoms with Crippen LogP contribution in [0.1, 0.15) is 18.4 Å². The summed E-state index contributed by atoms with van der Waals surface area (Å²) in [6.45, 7) is 4.06. The van der Waals surface area contributed by atoms with Gasteiger partial charge in [0, 0.05) is 24.9 Å². The van der Waals surface area contributed by atoms with Gasteiger partial charge in [0.1, 0.15) is 0 Å². The second-order valence-electron chi connectivity index (χ2n) is 4.67. The van der Waals surface area contributed by atoms with Crippen LogP contribution in [0, 0.1) is 6.92 Å². The number of hydrogen-bond acceptors (Lipinski definition) is 1. The molecule has 0 N–H and O–H groups in total. The second-order valence-corrected chi connectivity index (χ2v) is 4.67. The average molecular weight is 215 g/mol. The first-order valence-corrected chi connectivity index (χ1v) is 6.00. The lowest BCUT2D eigenvalue weighted by Crippen LogP contribution is -2.13. The minimum Gasteiger partial charge on any atom is -0.376 e. The van der Waals surface area contributed by atoms with Gasteiger partial charge in [0.2, 0.25) is 0 Å². The first-order valence-electron chi connectivity index (χ1n) is 6.00. The summed E-state index contributed by atoms with van der Waals surface area (Å²) >= 11 is 0. The van der Waals surface area contributed by atoms with Gasteiger partial charge in [-0.25, -0.2) is 0 Å². The Morgan fingerprint density at radius 3 is 3.12 bits per heavy atom. The number of rotatable bonds is 2. The number of benzene rings is 1. The third kappa shape index (κ3) is 1.74. The van der Waals surface area contributed by atoms with Crippen molar-refractivity contribution in [2.45, 2.75) is 32.4 Å². The van der Waals surface area contributed by atoms with Crippen LogP contribution in [-0.4, -0.2) is 17.3 Å². The largest absolute Gasteiger partial charge is 0.376 e. The first-order chi connectivity index (χ1) is 7.83. The lowest BCUT2D eigenvalue weighted by Gasteiger charge is -2.11. The molecule has 2 heteroatoms. The Labute approximate surface area is 95.8 Å². The van der Waals surface area contributed by atoms with Crippen LogP contribution in [0.25, 0.3) is 10.9 Å². The fraction of sp³-hybridized carbons (Fsp3) is 0.429. The number of nitrogens with zero attached hydrogens (tertiary/aromatic N) is 1. The van der Waals surface area contributed by atoms with Gasteiger partial charge < -0.3 is 9.30 Å². The van der Waals surface area contributed by atoms with Gasteiger partial charge in [-0.05, 0) is 43.4 Å². The summed E-state index contributed by atoms with van der Waals surface area (Å²) in [7, 11) is 0. The molecular formula is C14H17NO. The van der Waals surface area contributed by atoms with E-state index in [-0.39, 0.29) is 0 Å². The number of ether oxygens (including phenoxy) is 1. The molecule has 3 rings (SSSR count). The van der Waals surface area contributed by atoms with Crippen LogP contribution in [0.3, 0.4) is 0 Å². The highest BCUT2D eigenvalue weighted by molar-refractivity contribution is 5.80. The highest BCUT2D eigenvalue weighted by Gasteiger charge is 2.16. The molecule has 0 saturated carbocycles. The van der Waals surface area contributed by atoms with Crippen molar-refractivity contribution in [3.05, 3.63) is 36.0 Å². The molecule has 1 fully saturated rings. The summed E-state index contributed by atoms with van der Waals surface area (Å²) in [6.07, 6.45) is 5.00. The van der Waals surface area contributed by atoms with Gasteiger partial charge in [-0.15, -0.1) is 0 Å². The Morgan fingerprint density at radius 1 is 1.38 bits per heavy atom. The molecule has 0 radical (unpaired) electrons. The van der Waals surface area contributed by atoms with Gasteiger partial charge in [0.25, 0.3) is 0 Å². The summed E-state index contributed by atoms with van der Waals surface area (Å²) in [4.78, 5) is 0. The zero-order valence-electron chi connectivity index (χ0n) is 9.65. The normalized spacial score (nSPS) is 20.7. The molecule has 0 bridgehead atoms. The van der Waals surface area contributed by atoms with Crippen LogP contribution >= 0.6 is 0 Å². The lowest BCUT2D eigenvalue weighted by molar-refractivity contribution is 0.0980. The van der Waals surface area contributed by atoms with Crippen LogP contribution in [0.15, 0.2) is 30.5 Å². The van der Waals surface area contributed by atoms with E-state index in [2.05, 4.69) is 42.0 Å². The van der Waals surface area contributed by atoms with Crippen molar-refractivity contribution in [1.82, 2.24) is 4.57 Å². The van der Waals surface area contributed by atoms with E-state index < -0.39 is 0 Å². The van der Waals surface area contributed by atoms with Gasteiger partial charge in [-0.1, -0.05) is 11.6 Å². The summed E-state index contributed by atoms with van der Waals surface area (Å²) in [5.74, 6) is 0. The number of fused-ring (bicyclic) bond motifs is 1. The molecule has 1 aliphatic heterocycles. The summed E-state index contributed by atoms with van der Waals surface area (Å²) in [5, 5.41) is 1.33. The zero-order valence-corrected chi connectivity index (χ0v) is 9.65. The van der Waals surface area contributed by atoms with Crippen molar-refractivity contribution < 1.29 is 4.74 Å². The maximum atomic E-state index is 5.68. The van der Waals surface area contributed by atoms with Crippen LogP contribution in [-0.2, 0) is 11.3 Å². The topological polar surface area (TPSA) is 14.2 Å². The Hall–Kier alpha value is -1.28. The maximum Gasteiger partial charge on any atom is 0.0754 e. The quantitative estimate of drug-likeness (QED) is 0.750. The van der Waals surface area contributed by atoms with Gasteiger partial charge in [0.15, 0.2) is 0 Å². The molecule has 1 aromatic heterocycles. The van der Waals surface area contributed by atoms with Crippen molar-refractivity contribution in [2.75, 3.05) is 6.61 Å².